The minimum absolute atomic E-state index is 0.127. The van der Waals surface area contributed by atoms with Crippen molar-refractivity contribution in [1.82, 2.24) is 9.97 Å². The Labute approximate surface area is 142 Å². The molecule has 0 N–H and O–H groups in total. The summed E-state index contributed by atoms with van der Waals surface area (Å²) in [5.41, 5.74) is 2.21. The Balaban J connectivity index is 1.70. The number of anilines is 1. The molecule has 2 aliphatic carbocycles. The fraction of sp³-hybridized carbons (Fsp3) is 0.450. The zero-order valence-electron chi connectivity index (χ0n) is 13.9. The van der Waals surface area contributed by atoms with E-state index in [1.165, 1.54) is 18.4 Å². The van der Waals surface area contributed by atoms with Gasteiger partial charge in [-0.05, 0) is 55.9 Å². The second-order valence-electron chi connectivity index (χ2n) is 6.83. The fourth-order valence-electron chi connectivity index (χ4n) is 4.16. The number of fused-ring (bicyclic) bond motifs is 1. The van der Waals surface area contributed by atoms with Gasteiger partial charge in [0.1, 0.15) is 5.82 Å². The summed E-state index contributed by atoms with van der Waals surface area (Å²) in [7, 11) is 0. The van der Waals surface area contributed by atoms with Crippen LogP contribution in [0.1, 0.15) is 55.7 Å². The molecule has 2 aromatic rings. The Morgan fingerprint density at radius 1 is 0.958 bits per heavy atom. The first-order valence-corrected chi connectivity index (χ1v) is 9.02. The van der Waals surface area contributed by atoms with Gasteiger partial charge in [0.2, 0.25) is 5.91 Å². The van der Waals surface area contributed by atoms with E-state index in [2.05, 4.69) is 16.0 Å². The molecular weight excluding hydrogens is 298 g/mol. The third kappa shape index (κ3) is 2.81. The van der Waals surface area contributed by atoms with Crippen molar-refractivity contribution in [3.63, 3.8) is 0 Å². The van der Waals surface area contributed by atoms with Crippen molar-refractivity contribution in [3.8, 4) is 0 Å². The van der Waals surface area contributed by atoms with Crippen LogP contribution >= 0.6 is 0 Å². The smallest absolute Gasteiger partial charge is 0.237 e. The van der Waals surface area contributed by atoms with E-state index in [1.54, 1.807) is 6.20 Å². The summed E-state index contributed by atoms with van der Waals surface area (Å²) in [6.07, 6.45) is 11.1. The Kier molecular flexibility index (Phi) is 4.28. The fourth-order valence-corrected chi connectivity index (χ4v) is 4.16. The van der Waals surface area contributed by atoms with E-state index >= 15 is 0 Å². The highest BCUT2D eigenvalue weighted by Crippen LogP contribution is 2.35. The Morgan fingerprint density at radius 3 is 2.58 bits per heavy atom. The molecule has 4 rings (SSSR count). The van der Waals surface area contributed by atoms with Crippen LogP contribution in [0.25, 0.3) is 0 Å². The van der Waals surface area contributed by atoms with Gasteiger partial charge in [0, 0.05) is 18.4 Å². The van der Waals surface area contributed by atoms with Gasteiger partial charge in [-0.1, -0.05) is 25.0 Å². The molecule has 0 radical (unpaired) electrons. The van der Waals surface area contributed by atoms with Crippen molar-refractivity contribution in [2.45, 2.75) is 56.9 Å². The normalized spacial score (nSPS) is 20.6. The molecule has 0 unspecified atom stereocenters. The third-order valence-corrected chi connectivity index (χ3v) is 5.32. The maximum absolute atomic E-state index is 13.5. The van der Waals surface area contributed by atoms with Crippen LogP contribution in [0, 0.1) is 0 Å². The highest BCUT2D eigenvalue weighted by atomic mass is 16.2. The summed E-state index contributed by atoms with van der Waals surface area (Å²) >= 11 is 0. The third-order valence-electron chi connectivity index (χ3n) is 5.32. The first-order chi connectivity index (χ1) is 11.8. The molecular formula is C20H23N3O. The monoisotopic (exact) mass is 321 g/mol. The molecule has 1 amide bonds. The standard InChI is InChI=1S/C20H23N3O/c24-20(17-11-5-7-15-8-6-14-22-19(15)17)23(16-9-1-2-10-16)18-12-3-4-13-21-18/h3-4,6,8,12-14,16-17H,1-2,5,7,9-11H2/t17-/m0/s1. The lowest BCUT2D eigenvalue weighted by molar-refractivity contribution is -0.121. The average Bonchev–Trinajstić information content (AvgIpc) is 3.16. The minimum Gasteiger partial charge on any atom is -0.293 e. The van der Waals surface area contributed by atoms with Crippen molar-refractivity contribution in [1.29, 1.82) is 0 Å². The average molecular weight is 321 g/mol. The first kappa shape index (κ1) is 15.3. The van der Waals surface area contributed by atoms with Crippen molar-refractivity contribution >= 4 is 11.7 Å². The molecule has 0 aromatic carbocycles. The van der Waals surface area contributed by atoms with Crippen LogP contribution in [-0.2, 0) is 11.2 Å². The van der Waals surface area contributed by atoms with Crippen LogP contribution in [0.2, 0.25) is 0 Å². The highest BCUT2D eigenvalue weighted by Gasteiger charge is 2.36. The summed E-state index contributed by atoms with van der Waals surface area (Å²) < 4.78 is 0. The van der Waals surface area contributed by atoms with Crippen molar-refractivity contribution < 1.29 is 4.79 Å². The van der Waals surface area contributed by atoms with Crippen LogP contribution in [0.15, 0.2) is 42.7 Å². The number of amides is 1. The Hall–Kier alpha value is -2.23. The van der Waals surface area contributed by atoms with E-state index < -0.39 is 0 Å². The molecule has 1 fully saturated rings. The number of pyridine rings is 2. The molecule has 1 saturated carbocycles. The van der Waals surface area contributed by atoms with Crippen LogP contribution in [0.4, 0.5) is 5.82 Å². The van der Waals surface area contributed by atoms with Gasteiger partial charge in [-0.2, -0.15) is 0 Å². The molecule has 4 heteroatoms. The predicted molar refractivity (Wildman–Crippen MR) is 93.9 cm³/mol. The minimum atomic E-state index is -0.127. The summed E-state index contributed by atoms with van der Waals surface area (Å²) in [4.78, 5) is 24.5. The number of rotatable bonds is 3. The molecule has 1 atom stereocenters. The van der Waals surface area contributed by atoms with E-state index in [9.17, 15) is 4.79 Å². The van der Waals surface area contributed by atoms with Gasteiger partial charge >= 0.3 is 0 Å². The molecule has 0 bridgehead atoms. The molecule has 124 valence electrons. The first-order valence-electron chi connectivity index (χ1n) is 9.02. The number of carbonyl (C=O) groups excluding carboxylic acids is 1. The van der Waals surface area contributed by atoms with Crippen molar-refractivity contribution in [2.24, 2.45) is 0 Å². The number of carbonyl (C=O) groups is 1. The quantitative estimate of drug-likeness (QED) is 0.862. The van der Waals surface area contributed by atoms with E-state index in [-0.39, 0.29) is 17.9 Å². The summed E-state index contributed by atoms with van der Waals surface area (Å²) in [6.45, 7) is 0. The summed E-state index contributed by atoms with van der Waals surface area (Å²) in [5.74, 6) is 0.843. The highest BCUT2D eigenvalue weighted by molar-refractivity contribution is 5.98. The van der Waals surface area contributed by atoms with Crippen LogP contribution in [-0.4, -0.2) is 21.9 Å². The number of aryl methyl sites for hydroxylation is 1. The lowest BCUT2D eigenvalue weighted by atomic mass is 9.85. The summed E-state index contributed by atoms with van der Waals surface area (Å²) in [5, 5.41) is 0. The van der Waals surface area contributed by atoms with Crippen molar-refractivity contribution in [2.75, 3.05) is 4.90 Å². The van der Waals surface area contributed by atoms with Gasteiger partial charge in [-0.15, -0.1) is 0 Å². The molecule has 2 aromatic heterocycles. The molecule has 0 aliphatic heterocycles. The van der Waals surface area contributed by atoms with E-state index in [4.69, 9.17) is 0 Å². The Bertz CT molecular complexity index is 710. The topological polar surface area (TPSA) is 46.1 Å². The van der Waals surface area contributed by atoms with Crippen LogP contribution in [0.3, 0.4) is 0 Å². The number of hydrogen-bond acceptors (Lipinski definition) is 3. The van der Waals surface area contributed by atoms with Crippen LogP contribution < -0.4 is 4.90 Å². The zero-order chi connectivity index (χ0) is 16.4. The van der Waals surface area contributed by atoms with Gasteiger partial charge in [0.15, 0.2) is 0 Å². The van der Waals surface area contributed by atoms with Gasteiger partial charge in [-0.25, -0.2) is 4.98 Å². The van der Waals surface area contributed by atoms with Crippen molar-refractivity contribution in [3.05, 3.63) is 54.0 Å². The van der Waals surface area contributed by atoms with Gasteiger partial charge in [0.05, 0.1) is 11.6 Å². The van der Waals surface area contributed by atoms with E-state index in [0.29, 0.717) is 0 Å². The Morgan fingerprint density at radius 2 is 1.79 bits per heavy atom. The maximum atomic E-state index is 13.5. The molecule has 2 heterocycles. The number of nitrogens with zero attached hydrogens (tertiary/aromatic N) is 3. The van der Waals surface area contributed by atoms with E-state index in [1.807, 2.05) is 35.4 Å². The molecule has 2 aliphatic rings. The zero-order valence-corrected chi connectivity index (χ0v) is 13.9. The van der Waals surface area contributed by atoms with Gasteiger partial charge < -0.3 is 0 Å². The summed E-state index contributed by atoms with van der Waals surface area (Å²) in [6, 6.07) is 10.2. The lowest BCUT2D eigenvalue weighted by Gasteiger charge is -2.33. The molecule has 0 saturated heterocycles. The SMILES string of the molecule is O=C([C@H]1CCCc2cccnc21)N(c1ccccn1)C1CCCC1. The maximum Gasteiger partial charge on any atom is 0.237 e. The lowest BCUT2D eigenvalue weighted by Crippen LogP contribution is -2.43. The molecule has 0 spiro atoms. The number of hydrogen-bond donors (Lipinski definition) is 0. The largest absolute Gasteiger partial charge is 0.293 e. The van der Waals surface area contributed by atoms with Gasteiger partial charge in [-0.3, -0.25) is 14.7 Å². The number of aromatic nitrogens is 2. The molecule has 24 heavy (non-hydrogen) atoms. The second-order valence-corrected chi connectivity index (χ2v) is 6.83. The van der Waals surface area contributed by atoms with Gasteiger partial charge in [0.25, 0.3) is 0 Å². The van der Waals surface area contributed by atoms with E-state index in [0.717, 1.165) is 43.6 Å². The van der Waals surface area contributed by atoms with Crippen LogP contribution in [0.5, 0.6) is 0 Å². The second kappa shape index (κ2) is 6.71. The predicted octanol–water partition coefficient (Wildman–Crippen LogP) is 3.87. The molecule has 4 nitrogen and oxygen atoms in total.